The second-order valence-corrected chi connectivity index (χ2v) is 16.2. The van der Waals surface area contributed by atoms with E-state index in [1.807, 2.05) is 36.4 Å². The third-order valence-electron chi connectivity index (χ3n) is 10.8. The molecule has 60 heavy (non-hydrogen) atoms. The molecule has 8 nitrogen and oxygen atoms in total. The molecule has 0 aliphatic carbocycles. The smallest absolute Gasteiger partial charge is 0.163 e. The summed E-state index contributed by atoms with van der Waals surface area (Å²) in [4.78, 5) is 9.39. The zero-order valence-electron chi connectivity index (χ0n) is 38.0. The summed E-state index contributed by atoms with van der Waals surface area (Å²) in [7, 11) is 0. The monoisotopic (exact) mass is 829 g/mol. The van der Waals surface area contributed by atoms with E-state index in [0.717, 1.165) is 62.9 Å². The minimum Gasteiger partial charge on any atom is -0.507 e. The molecule has 0 saturated heterocycles. The fraction of sp³-hybridized carbons (Fsp3) is 0.615. The summed E-state index contributed by atoms with van der Waals surface area (Å²) in [6.45, 7) is 11.5. The number of phenols is 2. The van der Waals surface area contributed by atoms with Gasteiger partial charge in [0, 0.05) is 41.8 Å². The van der Waals surface area contributed by atoms with Crippen molar-refractivity contribution in [2.24, 2.45) is 9.98 Å². The van der Waals surface area contributed by atoms with Crippen LogP contribution in [0.15, 0.2) is 58.5 Å². The summed E-state index contributed by atoms with van der Waals surface area (Å²) < 4.78 is 24.9. The lowest BCUT2D eigenvalue weighted by Crippen LogP contribution is -2.02. The molecule has 3 aromatic rings. The zero-order chi connectivity index (χ0) is 42.9. The van der Waals surface area contributed by atoms with Crippen molar-refractivity contribution >= 4 is 23.8 Å². The molecular formula is C52H80N2O6. The predicted octanol–water partition coefficient (Wildman–Crippen LogP) is 15.6. The standard InChI is InChI=1S/C52H80N2O6/c1-5-9-13-17-21-25-33-57-49-31-29-45(38-51(49)59-35-27-23-19-15-11-7-3)53-41-43-37-44(48(56)40-47(43)55)42-54-46-30-32-50(58-34-26-22-18-14-10-6-2)52(39-46)60-36-28-24-20-16-12-8-4/h29-32,37-42,55-56H,5-28,33-36H2,1-4H3. The zero-order valence-corrected chi connectivity index (χ0v) is 38.0. The van der Waals surface area contributed by atoms with Gasteiger partial charge in [-0.25, -0.2) is 0 Å². The van der Waals surface area contributed by atoms with Crippen molar-refractivity contribution in [1.82, 2.24) is 0 Å². The third-order valence-corrected chi connectivity index (χ3v) is 10.8. The van der Waals surface area contributed by atoms with E-state index in [0.29, 0.717) is 60.4 Å². The lowest BCUT2D eigenvalue weighted by molar-refractivity contribution is 0.258. The molecule has 2 N–H and O–H groups in total. The summed E-state index contributed by atoms with van der Waals surface area (Å²) in [6, 6.07) is 14.4. The van der Waals surface area contributed by atoms with Crippen LogP contribution < -0.4 is 18.9 Å². The van der Waals surface area contributed by atoms with Gasteiger partial charge in [-0.2, -0.15) is 0 Å². The number of hydrogen-bond donors (Lipinski definition) is 2. The number of rotatable bonds is 36. The topological polar surface area (TPSA) is 102 Å². The van der Waals surface area contributed by atoms with Crippen LogP contribution in [0.25, 0.3) is 0 Å². The summed E-state index contributed by atoms with van der Waals surface area (Å²) >= 11 is 0. The van der Waals surface area contributed by atoms with Gasteiger partial charge in [0.2, 0.25) is 0 Å². The molecule has 0 atom stereocenters. The van der Waals surface area contributed by atoms with Gasteiger partial charge in [-0.05, 0) is 56.0 Å². The second kappa shape index (κ2) is 32.6. The Morgan fingerprint density at radius 3 is 1.00 bits per heavy atom. The fourth-order valence-corrected chi connectivity index (χ4v) is 6.98. The molecule has 8 heteroatoms. The molecule has 0 radical (unpaired) electrons. The van der Waals surface area contributed by atoms with Crippen LogP contribution in [0.2, 0.25) is 0 Å². The van der Waals surface area contributed by atoms with Gasteiger partial charge in [0.25, 0.3) is 0 Å². The number of ether oxygens (including phenoxy) is 4. The average molecular weight is 829 g/mol. The average Bonchev–Trinajstić information content (AvgIpc) is 3.25. The first-order valence-corrected chi connectivity index (χ1v) is 23.9. The van der Waals surface area contributed by atoms with Crippen LogP contribution in [0.4, 0.5) is 11.4 Å². The number of aliphatic imine (C=N–C) groups is 2. The van der Waals surface area contributed by atoms with Crippen LogP contribution in [0.5, 0.6) is 34.5 Å². The molecular weight excluding hydrogens is 749 g/mol. The number of aromatic hydroxyl groups is 2. The quantitative estimate of drug-likeness (QED) is 0.0447. The Bertz CT molecular complexity index is 1510. The van der Waals surface area contributed by atoms with E-state index in [1.165, 1.54) is 109 Å². The molecule has 0 aliphatic heterocycles. The molecule has 3 rings (SSSR count). The van der Waals surface area contributed by atoms with E-state index in [-0.39, 0.29) is 11.5 Å². The first-order valence-electron chi connectivity index (χ1n) is 23.9. The van der Waals surface area contributed by atoms with Gasteiger partial charge >= 0.3 is 0 Å². The first-order chi connectivity index (χ1) is 29.5. The highest BCUT2D eigenvalue weighted by Crippen LogP contribution is 2.35. The Hall–Kier alpha value is -4.20. The number of nitrogens with zero attached hydrogens (tertiary/aromatic N) is 2. The van der Waals surface area contributed by atoms with Crippen molar-refractivity contribution in [2.75, 3.05) is 26.4 Å². The van der Waals surface area contributed by atoms with Gasteiger partial charge < -0.3 is 29.2 Å². The van der Waals surface area contributed by atoms with E-state index in [9.17, 15) is 10.2 Å². The number of phenolic OH excluding ortho intramolecular Hbond substituents is 2. The van der Waals surface area contributed by atoms with Crippen molar-refractivity contribution in [3.8, 4) is 34.5 Å². The molecule has 0 heterocycles. The minimum absolute atomic E-state index is 0.0796. The van der Waals surface area contributed by atoms with Crippen LogP contribution in [0.3, 0.4) is 0 Å². The Labute approximate surface area is 364 Å². The van der Waals surface area contributed by atoms with Gasteiger partial charge in [0.1, 0.15) is 11.5 Å². The maximum atomic E-state index is 10.8. The maximum Gasteiger partial charge on any atom is 0.163 e. The summed E-state index contributed by atoms with van der Waals surface area (Å²) in [5, 5.41) is 21.6. The van der Waals surface area contributed by atoms with Crippen molar-refractivity contribution in [1.29, 1.82) is 0 Å². The SMILES string of the molecule is CCCCCCCCOc1ccc(N=Cc2cc(C=Nc3ccc(OCCCCCCCC)c(OCCCCCCCC)c3)c(O)cc2O)cc1OCCCCCCCC. The van der Waals surface area contributed by atoms with Crippen molar-refractivity contribution in [2.45, 2.75) is 182 Å². The van der Waals surface area contributed by atoms with Crippen molar-refractivity contribution in [3.63, 3.8) is 0 Å². The molecule has 0 unspecified atom stereocenters. The van der Waals surface area contributed by atoms with Gasteiger partial charge in [-0.1, -0.05) is 156 Å². The van der Waals surface area contributed by atoms with Crippen molar-refractivity contribution in [3.05, 3.63) is 59.7 Å². The first kappa shape index (κ1) is 50.2. The van der Waals surface area contributed by atoms with Crippen LogP contribution in [0.1, 0.15) is 193 Å². The predicted molar refractivity (Wildman–Crippen MR) is 253 cm³/mol. The summed E-state index contributed by atoms with van der Waals surface area (Å²) in [6.07, 6.45) is 31.9. The van der Waals surface area contributed by atoms with Crippen LogP contribution in [-0.2, 0) is 0 Å². The van der Waals surface area contributed by atoms with Gasteiger partial charge in [-0.3, -0.25) is 9.98 Å². The van der Waals surface area contributed by atoms with Crippen LogP contribution in [0, 0.1) is 0 Å². The lowest BCUT2D eigenvalue weighted by atomic mass is 10.1. The lowest BCUT2D eigenvalue weighted by Gasteiger charge is -2.14. The van der Waals surface area contributed by atoms with E-state index < -0.39 is 0 Å². The van der Waals surface area contributed by atoms with E-state index in [4.69, 9.17) is 28.9 Å². The largest absolute Gasteiger partial charge is 0.507 e. The molecule has 3 aromatic carbocycles. The number of hydrogen-bond acceptors (Lipinski definition) is 8. The maximum absolute atomic E-state index is 10.8. The Morgan fingerprint density at radius 2 is 0.667 bits per heavy atom. The van der Waals surface area contributed by atoms with Crippen LogP contribution in [-0.4, -0.2) is 49.1 Å². The number of unbranched alkanes of at least 4 members (excludes halogenated alkanes) is 20. The Morgan fingerprint density at radius 1 is 0.367 bits per heavy atom. The molecule has 0 aromatic heterocycles. The summed E-state index contributed by atoms with van der Waals surface area (Å²) in [5.74, 6) is 2.66. The highest BCUT2D eigenvalue weighted by molar-refractivity contribution is 5.92. The van der Waals surface area contributed by atoms with E-state index >= 15 is 0 Å². The van der Waals surface area contributed by atoms with Gasteiger partial charge in [-0.15, -0.1) is 0 Å². The molecule has 0 amide bonds. The summed E-state index contributed by atoms with van der Waals surface area (Å²) in [5.41, 5.74) is 2.26. The molecule has 0 fully saturated rings. The Kier molecular flexibility index (Phi) is 27.2. The highest BCUT2D eigenvalue weighted by Gasteiger charge is 2.11. The fourth-order valence-electron chi connectivity index (χ4n) is 6.98. The van der Waals surface area contributed by atoms with Gasteiger partial charge in [0.15, 0.2) is 23.0 Å². The van der Waals surface area contributed by atoms with E-state index in [1.54, 1.807) is 18.5 Å². The second-order valence-electron chi connectivity index (χ2n) is 16.2. The number of benzene rings is 3. The van der Waals surface area contributed by atoms with Gasteiger partial charge in [0.05, 0.1) is 37.8 Å². The minimum atomic E-state index is -0.0796. The third kappa shape index (κ3) is 21.4. The molecule has 0 bridgehead atoms. The van der Waals surface area contributed by atoms with Crippen molar-refractivity contribution < 1.29 is 29.2 Å². The molecule has 0 saturated carbocycles. The normalized spacial score (nSPS) is 11.5. The molecule has 0 aliphatic rings. The highest BCUT2D eigenvalue weighted by atomic mass is 16.5. The molecule has 0 spiro atoms. The Balaban J connectivity index is 1.72. The van der Waals surface area contributed by atoms with Crippen LogP contribution >= 0.6 is 0 Å². The van der Waals surface area contributed by atoms with E-state index in [2.05, 4.69) is 27.7 Å². The molecule has 334 valence electrons.